The normalized spacial score (nSPS) is 41.2. The first-order chi connectivity index (χ1) is 8.49. The minimum absolute atomic E-state index is 0.108. The molecule has 18 heavy (non-hydrogen) atoms. The molecule has 0 radical (unpaired) electrons. The molecule has 0 aliphatic heterocycles. The van der Waals surface area contributed by atoms with Crippen LogP contribution in [0.15, 0.2) is 0 Å². The van der Waals surface area contributed by atoms with E-state index >= 15 is 0 Å². The third-order valence-electron chi connectivity index (χ3n) is 5.43. The molecule has 1 N–H and O–H groups in total. The van der Waals surface area contributed by atoms with E-state index in [9.17, 15) is 9.90 Å². The average Bonchev–Trinajstić information content (AvgIpc) is 2.66. The fraction of sp³-hybridized carbons (Fsp3) is 0.933. The van der Waals surface area contributed by atoms with Crippen molar-refractivity contribution in [2.45, 2.75) is 59.0 Å². The number of esters is 1. The van der Waals surface area contributed by atoms with Crippen LogP contribution >= 0.6 is 0 Å². The average molecular weight is 254 g/mol. The number of aliphatic hydroxyl groups excluding tert-OH is 1. The van der Waals surface area contributed by atoms with Gasteiger partial charge in [-0.2, -0.15) is 0 Å². The number of hydrogen-bond donors (Lipinski definition) is 1. The van der Waals surface area contributed by atoms with Crippen LogP contribution in [0.25, 0.3) is 0 Å². The van der Waals surface area contributed by atoms with Crippen LogP contribution < -0.4 is 0 Å². The number of ether oxygens (including phenoxy) is 1. The summed E-state index contributed by atoms with van der Waals surface area (Å²) in [5.41, 5.74) is 0.251. The molecule has 1 unspecified atom stereocenters. The lowest BCUT2D eigenvalue weighted by Gasteiger charge is -2.45. The van der Waals surface area contributed by atoms with E-state index in [-0.39, 0.29) is 24.1 Å². The minimum Gasteiger partial charge on any atom is -0.462 e. The van der Waals surface area contributed by atoms with Gasteiger partial charge in [-0.1, -0.05) is 13.8 Å². The Kier molecular flexibility index (Phi) is 4.00. The molecule has 0 spiro atoms. The van der Waals surface area contributed by atoms with Crippen LogP contribution in [0.3, 0.4) is 0 Å². The fourth-order valence-electron chi connectivity index (χ4n) is 4.58. The van der Waals surface area contributed by atoms with Gasteiger partial charge in [0.25, 0.3) is 0 Å². The highest BCUT2D eigenvalue weighted by Crippen LogP contribution is 2.58. The lowest BCUT2D eigenvalue weighted by atomic mass is 9.62. The summed E-state index contributed by atoms with van der Waals surface area (Å²) in [6, 6.07) is 0. The summed E-state index contributed by atoms with van der Waals surface area (Å²) < 4.78 is 5.53. The molecular formula is C15H26O3. The zero-order valence-corrected chi connectivity index (χ0v) is 11.8. The monoisotopic (exact) mass is 254 g/mol. The van der Waals surface area contributed by atoms with Crippen molar-refractivity contribution in [1.82, 2.24) is 0 Å². The first-order valence-corrected chi connectivity index (χ1v) is 7.27. The molecule has 2 aliphatic carbocycles. The zero-order valence-electron chi connectivity index (χ0n) is 11.8. The summed E-state index contributed by atoms with van der Waals surface area (Å²) >= 11 is 0. The van der Waals surface area contributed by atoms with Crippen molar-refractivity contribution in [1.29, 1.82) is 0 Å². The van der Waals surface area contributed by atoms with E-state index < -0.39 is 0 Å². The molecule has 3 nitrogen and oxygen atoms in total. The summed E-state index contributed by atoms with van der Waals surface area (Å²) in [5.74, 6) is 1.28. The maximum atomic E-state index is 11.2. The molecule has 0 saturated heterocycles. The lowest BCUT2D eigenvalue weighted by Crippen LogP contribution is -2.43. The van der Waals surface area contributed by atoms with Gasteiger partial charge in [0.15, 0.2) is 0 Å². The molecule has 3 heteroatoms. The maximum absolute atomic E-state index is 11.2. The maximum Gasteiger partial charge on any atom is 0.302 e. The van der Waals surface area contributed by atoms with Crippen molar-refractivity contribution in [3.05, 3.63) is 0 Å². The summed E-state index contributed by atoms with van der Waals surface area (Å²) in [7, 11) is 0. The Bertz CT molecular complexity index is 315. The number of fused-ring (bicyclic) bond motifs is 1. The van der Waals surface area contributed by atoms with Gasteiger partial charge in [-0.05, 0) is 49.4 Å². The molecule has 0 aromatic carbocycles. The van der Waals surface area contributed by atoms with Crippen LogP contribution in [-0.4, -0.2) is 23.8 Å². The highest BCUT2D eigenvalue weighted by molar-refractivity contribution is 5.66. The van der Waals surface area contributed by atoms with E-state index in [1.165, 1.54) is 19.8 Å². The van der Waals surface area contributed by atoms with Crippen LogP contribution in [0, 0.1) is 23.2 Å². The van der Waals surface area contributed by atoms with Crippen molar-refractivity contribution in [3.63, 3.8) is 0 Å². The van der Waals surface area contributed by atoms with Gasteiger partial charge in [0.2, 0.25) is 0 Å². The number of carbonyl (C=O) groups excluding carboxylic acids is 1. The Labute approximate surface area is 110 Å². The van der Waals surface area contributed by atoms with E-state index in [0.717, 1.165) is 19.3 Å². The summed E-state index contributed by atoms with van der Waals surface area (Å²) in [6.07, 6.45) is 5.78. The van der Waals surface area contributed by atoms with Gasteiger partial charge in [0.1, 0.15) is 6.10 Å². The Morgan fingerprint density at radius 1 is 1.44 bits per heavy atom. The molecule has 0 aromatic rings. The predicted octanol–water partition coefficient (Wildman–Crippen LogP) is 2.76. The molecule has 0 amide bonds. The second kappa shape index (κ2) is 5.20. The van der Waals surface area contributed by atoms with Gasteiger partial charge in [0.05, 0.1) is 0 Å². The summed E-state index contributed by atoms with van der Waals surface area (Å²) in [6.45, 7) is 6.27. The molecule has 0 aromatic heterocycles. The van der Waals surface area contributed by atoms with Gasteiger partial charge >= 0.3 is 5.97 Å². The first kappa shape index (κ1) is 13.9. The second-order valence-electron chi connectivity index (χ2n) is 6.50. The van der Waals surface area contributed by atoms with Crippen molar-refractivity contribution in [2.24, 2.45) is 23.2 Å². The van der Waals surface area contributed by atoms with Crippen LogP contribution in [0.4, 0.5) is 0 Å². The van der Waals surface area contributed by atoms with Crippen molar-refractivity contribution >= 4 is 5.97 Å². The van der Waals surface area contributed by atoms with Gasteiger partial charge in [-0.25, -0.2) is 0 Å². The number of carbonyl (C=O) groups is 1. The largest absolute Gasteiger partial charge is 0.462 e. The van der Waals surface area contributed by atoms with Gasteiger partial charge in [-0.15, -0.1) is 0 Å². The molecule has 5 atom stereocenters. The van der Waals surface area contributed by atoms with E-state index in [1.807, 2.05) is 0 Å². The highest BCUT2D eigenvalue weighted by Gasteiger charge is 2.53. The van der Waals surface area contributed by atoms with Crippen molar-refractivity contribution in [3.8, 4) is 0 Å². The van der Waals surface area contributed by atoms with Gasteiger partial charge in [0, 0.05) is 19.4 Å². The van der Waals surface area contributed by atoms with E-state index in [0.29, 0.717) is 17.8 Å². The molecule has 2 saturated carbocycles. The predicted molar refractivity (Wildman–Crippen MR) is 70.0 cm³/mol. The number of hydrogen-bond acceptors (Lipinski definition) is 3. The van der Waals surface area contributed by atoms with E-state index in [2.05, 4.69) is 13.8 Å². The second-order valence-corrected chi connectivity index (χ2v) is 6.50. The molecule has 104 valence electrons. The fourth-order valence-corrected chi connectivity index (χ4v) is 4.58. The molecule has 0 bridgehead atoms. The Balaban J connectivity index is 2.15. The standard InChI is InChI=1S/C15H26O3/c1-10(9-16)12-6-7-13-14(18-11(2)17)5-4-8-15(12,13)3/h10,12-14,16H,4-9H2,1-3H3/t10?,12-,13+,14+,15-/m1/s1. The molecule has 2 aliphatic rings. The molecular weight excluding hydrogens is 228 g/mol. The number of aliphatic hydroxyl groups is 1. The third-order valence-corrected chi connectivity index (χ3v) is 5.43. The van der Waals surface area contributed by atoms with Gasteiger partial charge < -0.3 is 9.84 Å². The van der Waals surface area contributed by atoms with Crippen LogP contribution in [-0.2, 0) is 9.53 Å². The lowest BCUT2D eigenvalue weighted by molar-refractivity contribution is -0.155. The Morgan fingerprint density at radius 2 is 2.17 bits per heavy atom. The summed E-state index contributed by atoms with van der Waals surface area (Å²) in [5, 5.41) is 9.43. The van der Waals surface area contributed by atoms with Crippen LogP contribution in [0.2, 0.25) is 0 Å². The molecule has 0 heterocycles. The van der Waals surface area contributed by atoms with Crippen LogP contribution in [0.5, 0.6) is 0 Å². The summed E-state index contributed by atoms with van der Waals surface area (Å²) in [4.78, 5) is 11.2. The van der Waals surface area contributed by atoms with Crippen molar-refractivity contribution in [2.75, 3.05) is 6.61 Å². The smallest absolute Gasteiger partial charge is 0.302 e. The topological polar surface area (TPSA) is 46.5 Å². The van der Waals surface area contributed by atoms with E-state index in [4.69, 9.17) is 4.74 Å². The van der Waals surface area contributed by atoms with Crippen LogP contribution in [0.1, 0.15) is 52.9 Å². The van der Waals surface area contributed by atoms with Gasteiger partial charge in [-0.3, -0.25) is 4.79 Å². The number of rotatable bonds is 3. The SMILES string of the molecule is CC(=O)O[C@H]1CCC[C@]2(C)[C@@H](C(C)CO)CC[C@@H]12. The molecule has 2 rings (SSSR count). The minimum atomic E-state index is -0.150. The van der Waals surface area contributed by atoms with E-state index in [1.54, 1.807) is 0 Å². The third kappa shape index (κ3) is 2.29. The zero-order chi connectivity index (χ0) is 13.3. The Hall–Kier alpha value is -0.570. The quantitative estimate of drug-likeness (QED) is 0.788. The Morgan fingerprint density at radius 3 is 2.78 bits per heavy atom. The van der Waals surface area contributed by atoms with Crippen molar-refractivity contribution < 1.29 is 14.6 Å². The first-order valence-electron chi connectivity index (χ1n) is 7.27. The highest BCUT2D eigenvalue weighted by atomic mass is 16.5. The molecule has 2 fully saturated rings.